The molecule has 1 rings (SSSR count). The van der Waals surface area contributed by atoms with E-state index in [2.05, 4.69) is 5.32 Å². The van der Waals surface area contributed by atoms with Crippen molar-refractivity contribution in [1.29, 1.82) is 0 Å². The summed E-state index contributed by atoms with van der Waals surface area (Å²) < 4.78 is 25.2. The number of hydrogen-bond donors (Lipinski definition) is 1. The molecule has 1 fully saturated rings. The summed E-state index contributed by atoms with van der Waals surface area (Å²) in [6, 6.07) is 0.106. The number of carbonyl (C=O) groups is 1. The van der Waals surface area contributed by atoms with E-state index in [-0.39, 0.29) is 25.4 Å². The van der Waals surface area contributed by atoms with Crippen LogP contribution in [0.1, 0.15) is 25.7 Å². The van der Waals surface area contributed by atoms with Crippen LogP contribution in [0.4, 0.5) is 8.78 Å². The van der Waals surface area contributed by atoms with E-state index < -0.39 is 5.92 Å². The van der Waals surface area contributed by atoms with Crippen molar-refractivity contribution in [1.82, 2.24) is 5.32 Å². The largest absolute Gasteiger partial charge is 0.307 e. The Morgan fingerprint density at radius 3 is 2.50 bits per heavy atom. The van der Waals surface area contributed by atoms with E-state index in [4.69, 9.17) is 0 Å². The zero-order chi connectivity index (χ0) is 9.03. The van der Waals surface area contributed by atoms with Crippen LogP contribution < -0.4 is 5.32 Å². The molecule has 0 saturated heterocycles. The summed E-state index contributed by atoms with van der Waals surface area (Å²) in [5.74, 6) is -2.47. The lowest BCUT2D eigenvalue weighted by Gasteiger charge is -2.28. The van der Waals surface area contributed by atoms with Gasteiger partial charge >= 0.3 is 0 Å². The fourth-order valence-electron chi connectivity index (χ4n) is 1.46. The highest BCUT2D eigenvalue weighted by Gasteiger charge is 2.34. The fraction of sp³-hybridized carbons (Fsp3) is 0.875. The lowest BCUT2D eigenvalue weighted by Crippen LogP contribution is -2.37. The van der Waals surface area contributed by atoms with E-state index in [0.29, 0.717) is 12.8 Å². The number of rotatable bonds is 3. The van der Waals surface area contributed by atoms with Crippen molar-refractivity contribution in [3.63, 3.8) is 0 Å². The van der Waals surface area contributed by atoms with Gasteiger partial charge in [-0.15, -0.1) is 0 Å². The first-order valence-corrected chi connectivity index (χ1v) is 4.19. The van der Waals surface area contributed by atoms with Crippen molar-refractivity contribution in [3.8, 4) is 0 Å². The molecule has 0 aromatic carbocycles. The second kappa shape index (κ2) is 3.94. The molecule has 0 aromatic heterocycles. The van der Waals surface area contributed by atoms with E-state index in [9.17, 15) is 13.6 Å². The summed E-state index contributed by atoms with van der Waals surface area (Å²) in [6.07, 6.45) is 1.60. The summed E-state index contributed by atoms with van der Waals surface area (Å²) >= 11 is 0. The zero-order valence-electron chi connectivity index (χ0n) is 6.85. The van der Waals surface area contributed by atoms with Crippen LogP contribution in [0.25, 0.3) is 0 Å². The summed E-state index contributed by atoms with van der Waals surface area (Å²) in [4.78, 5) is 9.96. The molecule has 1 aliphatic carbocycles. The minimum Gasteiger partial charge on any atom is -0.307 e. The SMILES string of the molecule is O=CCNC1CCC(F)(F)CC1. The highest BCUT2D eigenvalue weighted by Crippen LogP contribution is 2.32. The minimum absolute atomic E-state index is 0.0521. The van der Waals surface area contributed by atoms with Crippen LogP contribution in [0.5, 0.6) is 0 Å². The van der Waals surface area contributed by atoms with E-state index in [1.165, 1.54) is 0 Å². The van der Waals surface area contributed by atoms with Gasteiger partial charge < -0.3 is 10.1 Å². The van der Waals surface area contributed by atoms with Crippen molar-refractivity contribution in [2.75, 3.05) is 6.54 Å². The van der Waals surface area contributed by atoms with Crippen molar-refractivity contribution < 1.29 is 13.6 Å². The number of halogens is 2. The maximum Gasteiger partial charge on any atom is 0.248 e. The molecule has 0 amide bonds. The second-order valence-corrected chi connectivity index (χ2v) is 3.21. The molecule has 12 heavy (non-hydrogen) atoms. The number of aldehydes is 1. The Hall–Kier alpha value is -0.510. The van der Waals surface area contributed by atoms with Crippen molar-refractivity contribution >= 4 is 6.29 Å². The van der Waals surface area contributed by atoms with Gasteiger partial charge in [-0.25, -0.2) is 8.78 Å². The highest BCUT2D eigenvalue weighted by molar-refractivity contribution is 5.51. The summed E-state index contributed by atoms with van der Waals surface area (Å²) in [7, 11) is 0. The predicted octanol–water partition coefficient (Wildman–Crippen LogP) is 1.35. The Bertz CT molecular complexity index is 151. The molecule has 0 bridgehead atoms. The topological polar surface area (TPSA) is 29.1 Å². The van der Waals surface area contributed by atoms with Gasteiger partial charge in [0.15, 0.2) is 0 Å². The Morgan fingerprint density at radius 2 is 2.00 bits per heavy atom. The van der Waals surface area contributed by atoms with Gasteiger partial charge in [0, 0.05) is 18.9 Å². The molecule has 2 nitrogen and oxygen atoms in total. The molecule has 1 aliphatic rings. The quantitative estimate of drug-likeness (QED) is 0.659. The normalized spacial score (nSPS) is 23.8. The standard InChI is InChI=1S/C8H13F2NO/c9-8(10)3-1-7(2-4-8)11-5-6-12/h6-7,11H,1-5H2. The monoisotopic (exact) mass is 177 g/mol. The van der Waals surface area contributed by atoms with Crippen LogP contribution in [0.15, 0.2) is 0 Å². The molecule has 0 unspecified atom stereocenters. The van der Waals surface area contributed by atoms with Gasteiger partial charge in [0.05, 0.1) is 6.54 Å². The van der Waals surface area contributed by atoms with Gasteiger partial charge in [0.25, 0.3) is 0 Å². The van der Waals surface area contributed by atoms with E-state index in [1.807, 2.05) is 0 Å². The Kier molecular flexibility index (Phi) is 3.14. The van der Waals surface area contributed by atoms with E-state index >= 15 is 0 Å². The summed E-state index contributed by atoms with van der Waals surface area (Å²) in [5, 5.41) is 2.91. The average molecular weight is 177 g/mol. The molecular weight excluding hydrogens is 164 g/mol. The minimum atomic E-state index is -2.47. The molecule has 1 N–H and O–H groups in total. The molecule has 4 heteroatoms. The third-order valence-corrected chi connectivity index (χ3v) is 2.21. The fourth-order valence-corrected chi connectivity index (χ4v) is 1.46. The van der Waals surface area contributed by atoms with Crippen molar-refractivity contribution in [2.45, 2.75) is 37.6 Å². The summed E-state index contributed by atoms with van der Waals surface area (Å²) in [5.41, 5.74) is 0. The van der Waals surface area contributed by atoms with Gasteiger partial charge in [0.2, 0.25) is 5.92 Å². The second-order valence-electron chi connectivity index (χ2n) is 3.21. The van der Waals surface area contributed by atoms with Crippen LogP contribution in [0, 0.1) is 0 Å². The highest BCUT2D eigenvalue weighted by atomic mass is 19.3. The van der Waals surface area contributed by atoms with Gasteiger partial charge in [-0.3, -0.25) is 0 Å². The molecule has 1 saturated carbocycles. The maximum atomic E-state index is 12.6. The molecule has 0 aromatic rings. The summed E-state index contributed by atoms with van der Waals surface area (Å²) in [6.45, 7) is 0.274. The lowest BCUT2D eigenvalue weighted by atomic mass is 9.92. The molecule has 0 radical (unpaired) electrons. The average Bonchev–Trinajstić information content (AvgIpc) is 2.03. The van der Waals surface area contributed by atoms with Crippen LogP contribution in [0.3, 0.4) is 0 Å². The molecule has 0 heterocycles. The number of carbonyl (C=O) groups excluding carboxylic acids is 1. The van der Waals surface area contributed by atoms with Gasteiger partial charge in [-0.2, -0.15) is 0 Å². The van der Waals surface area contributed by atoms with Crippen LogP contribution in [-0.2, 0) is 4.79 Å². The lowest BCUT2D eigenvalue weighted by molar-refractivity contribution is -0.107. The first kappa shape index (κ1) is 9.58. The van der Waals surface area contributed by atoms with Gasteiger partial charge in [-0.1, -0.05) is 0 Å². The number of alkyl halides is 2. The third kappa shape index (κ3) is 2.85. The maximum absolute atomic E-state index is 12.6. The van der Waals surface area contributed by atoms with E-state index in [1.54, 1.807) is 0 Å². The van der Waals surface area contributed by atoms with Gasteiger partial charge in [-0.05, 0) is 12.8 Å². The first-order valence-electron chi connectivity index (χ1n) is 4.19. The Labute approximate surface area is 70.3 Å². The van der Waals surface area contributed by atoms with Crippen LogP contribution in [-0.4, -0.2) is 24.8 Å². The van der Waals surface area contributed by atoms with Gasteiger partial charge in [0.1, 0.15) is 6.29 Å². The van der Waals surface area contributed by atoms with Crippen molar-refractivity contribution in [2.24, 2.45) is 0 Å². The third-order valence-electron chi connectivity index (χ3n) is 2.21. The van der Waals surface area contributed by atoms with E-state index in [0.717, 1.165) is 6.29 Å². The molecule has 0 atom stereocenters. The van der Waals surface area contributed by atoms with Crippen LogP contribution >= 0.6 is 0 Å². The molecule has 0 spiro atoms. The molecule has 0 aliphatic heterocycles. The predicted molar refractivity (Wildman–Crippen MR) is 41.3 cm³/mol. The van der Waals surface area contributed by atoms with Crippen molar-refractivity contribution in [3.05, 3.63) is 0 Å². The smallest absolute Gasteiger partial charge is 0.248 e. The zero-order valence-corrected chi connectivity index (χ0v) is 6.85. The number of hydrogen-bond acceptors (Lipinski definition) is 2. The Balaban J connectivity index is 2.22. The molecule has 70 valence electrons. The Morgan fingerprint density at radius 1 is 1.42 bits per heavy atom. The van der Waals surface area contributed by atoms with Crippen LogP contribution in [0.2, 0.25) is 0 Å². The molecular formula is C8H13F2NO. The number of nitrogens with one attached hydrogen (secondary N) is 1. The first-order chi connectivity index (χ1) is 5.64.